The van der Waals surface area contributed by atoms with E-state index in [0.717, 1.165) is 16.8 Å². The van der Waals surface area contributed by atoms with Gasteiger partial charge < -0.3 is 5.32 Å². The third-order valence-corrected chi connectivity index (χ3v) is 2.91. The monoisotopic (exact) mass is 262 g/mol. The molecule has 98 valence electrons. The van der Waals surface area contributed by atoms with Gasteiger partial charge in [-0.1, -0.05) is 24.8 Å². The van der Waals surface area contributed by atoms with Crippen LogP contribution in [-0.2, 0) is 0 Å². The van der Waals surface area contributed by atoms with Crippen molar-refractivity contribution in [1.82, 2.24) is 0 Å². The van der Waals surface area contributed by atoms with E-state index in [0.29, 0.717) is 11.1 Å². The molecule has 0 bridgehead atoms. The minimum absolute atomic E-state index is 0.205. The molecule has 0 saturated carbocycles. The number of carbonyl (C=O) groups is 1. The topological polar surface area (TPSA) is 52.9 Å². The van der Waals surface area contributed by atoms with Gasteiger partial charge in [-0.15, -0.1) is 0 Å². The molecule has 2 rings (SSSR count). The minimum Gasteiger partial charge on any atom is -0.321 e. The van der Waals surface area contributed by atoms with Gasteiger partial charge in [0.25, 0.3) is 5.91 Å². The second-order valence-corrected chi connectivity index (χ2v) is 4.47. The summed E-state index contributed by atoms with van der Waals surface area (Å²) in [5.74, 6) is -0.205. The SMILES string of the molecule is C=C(C)c1ccccc1NC(=O)c1ccc(C#N)cc1. The Balaban J connectivity index is 2.23. The Kier molecular flexibility index (Phi) is 3.97. The van der Waals surface area contributed by atoms with Crippen LogP contribution in [-0.4, -0.2) is 5.91 Å². The van der Waals surface area contributed by atoms with Crippen molar-refractivity contribution in [3.63, 3.8) is 0 Å². The van der Waals surface area contributed by atoms with Crippen molar-refractivity contribution in [2.75, 3.05) is 5.32 Å². The maximum absolute atomic E-state index is 12.2. The normalized spacial score (nSPS) is 9.60. The first-order valence-electron chi connectivity index (χ1n) is 6.18. The summed E-state index contributed by atoms with van der Waals surface area (Å²) >= 11 is 0. The van der Waals surface area contributed by atoms with E-state index >= 15 is 0 Å². The number of nitrogens with zero attached hydrogens (tertiary/aromatic N) is 1. The molecule has 0 atom stereocenters. The highest BCUT2D eigenvalue weighted by Crippen LogP contribution is 2.22. The molecule has 3 nitrogen and oxygen atoms in total. The summed E-state index contributed by atoms with van der Waals surface area (Å²) < 4.78 is 0. The van der Waals surface area contributed by atoms with Crippen LogP contribution in [0.25, 0.3) is 5.57 Å². The van der Waals surface area contributed by atoms with Crippen LogP contribution in [0.4, 0.5) is 5.69 Å². The number of carbonyl (C=O) groups excluding carboxylic acids is 1. The van der Waals surface area contributed by atoms with Crippen molar-refractivity contribution in [2.24, 2.45) is 0 Å². The summed E-state index contributed by atoms with van der Waals surface area (Å²) in [5, 5.41) is 11.6. The predicted octanol–water partition coefficient (Wildman–Crippen LogP) is 3.84. The van der Waals surface area contributed by atoms with Gasteiger partial charge >= 0.3 is 0 Å². The number of allylic oxidation sites excluding steroid dienone is 1. The summed E-state index contributed by atoms with van der Waals surface area (Å²) in [6.07, 6.45) is 0. The highest BCUT2D eigenvalue weighted by atomic mass is 16.1. The number of nitriles is 1. The number of hydrogen-bond acceptors (Lipinski definition) is 2. The van der Waals surface area contributed by atoms with Crippen LogP contribution in [0.2, 0.25) is 0 Å². The van der Waals surface area contributed by atoms with Crippen molar-refractivity contribution in [1.29, 1.82) is 5.26 Å². The van der Waals surface area contributed by atoms with Crippen LogP contribution in [0.3, 0.4) is 0 Å². The van der Waals surface area contributed by atoms with E-state index in [1.54, 1.807) is 24.3 Å². The van der Waals surface area contributed by atoms with E-state index in [-0.39, 0.29) is 5.91 Å². The van der Waals surface area contributed by atoms with Crippen LogP contribution in [0.15, 0.2) is 55.1 Å². The lowest BCUT2D eigenvalue weighted by Gasteiger charge is -2.10. The van der Waals surface area contributed by atoms with Gasteiger partial charge in [-0.25, -0.2) is 0 Å². The molecule has 0 unspecified atom stereocenters. The zero-order chi connectivity index (χ0) is 14.5. The molecule has 0 saturated heterocycles. The molecule has 0 aliphatic carbocycles. The van der Waals surface area contributed by atoms with Crippen LogP contribution in [0.1, 0.15) is 28.4 Å². The molecule has 20 heavy (non-hydrogen) atoms. The Labute approximate surface area is 118 Å². The van der Waals surface area contributed by atoms with Crippen LogP contribution in [0, 0.1) is 11.3 Å². The number of hydrogen-bond donors (Lipinski definition) is 1. The number of benzene rings is 2. The summed E-state index contributed by atoms with van der Waals surface area (Å²) in [6, 6.07) is 16.1. The number of anilines is 1. The van der Waals surface area contributed by atoms with Gasteiger partial charge in [-0.3, -0.25) is 4.79 Å². The summed E-state index contributed by atoms with van der Waals surface area (Å²) in [6.45, 7) is 5.80. The molecule has 0 heterocycles. The van der Waals surface area contributed by atoms with Crippen molar-refractivity contribution in [3.05, 3.63) is 71.8 Å². The van der Waals surface area contributed by atoms with Crippen LogP contribution >= 0.6 is 0 Å². The quantitative estimate of drug-likeness (QED) is 0.913. The van der Waals surface area contributed by atoms with E-state index in [1.807, 2.05) is 37.3 Å². The number of nitrogens with one attached hydrogen (secondary N) is 1. The van der Waals surface area contributed by atoms with Crippen LogP contribution in [0.5, 0.6) is 0 Å². The van der Waals surface area contributed by atoms with Gasteiger partial charge in [0.2, 0.25) is 0 Å². The maximum Gasteiger partial charge on any atom is 0.255 e. The van der Waals surface area contributed by atoms with E-state index in [9.17, 15) is 4.79 Å². The lowest BCUT2D eigenvalue weighted by atomic mass is 10.1. The Morgan fingerprint density at radius 1 is 1.15 bits per heavy atom. The highest BCUT2D eigenvalue weighted by Gasteiger charge is 2.09. The highest BCUT2D eigenvalue weighted by molar-refractivity contribution is 6.05. The zero-order valence-electron chi connectivity index (χ0n) is 11.2. The molecule has 2 aromatic rings. The molecule has 0 aromatic heterocycles. The van der Waals surface area contributed by atoms with Gasteiger partial charge in [-0.05, 0) is 42.8 Å². The van der Waals surface area contributed by atoms with Crippen molar-refractivity contribution in [3.8, 4) is 6.07 Å². The lowest BCUT2D eigenvalue weighted by molar-refractivity contribution is 0.102. The molecular formula is C17H14N2O. The Bertz CT molecular complexity index is 694. The van der Waals surface area contributed by atoms with Crippen LogP contribution < -0.4 is 5.32 Å². The van der Waals surface area contributed by atoms with Crippen molar-refractivity contribution < 1.29 is 4.79 Å². The molecule has 0 aliphatic heterocycles. The standard InChI is InChI=1S/C17H14N2O/c1-12(2)15-5-3-4-6-16(15)19-17(20)14-9-7-13(11-18)8-10-14/h3-10H,1H2,2H3,(H,19,20). The van der Waals surface area contributed by atoms with Gasteiger partial charge in [-0.2, -0.15) is 5.26 Å². The number of para-hydroxylation sites is 1. The molecule has 0 fully saturated rings. The largest absolute Gasteiger partial charge is 0.321 e. The fourth-order valence-corrected chi connectivity index (χ4v) is 1.85. The molecule has 0 spiro atoms. The third-order valence-electron chi connectivity index (χ3n) is 2.91. The van der Waals surface area contributed by atoms with Gasteiger partial charge in [0.15, 0.2) is 0 Å². The van der Waals surface area contributed by atoms with Gasteiger partial charge in [0, 0.05) is 16.8 Å². The smallest absolute Gasteiger partial charge is 0.255 e. The fraction of sp³-hybridized carbons (Fsp3) is 0.0588. The average Bonchev–Trinajstić information content (AvgIpc) is 2.47. The maximum atomic E-state index is 12.2. The van der Waals surface area contributed by atoms with Crippen molar-refractivity contribution >= 4 is 17.2 Å². The van der Waals surface area contributed by atoms with Crippen molar-refractivity contribution in [2.45, 2.75) is 6.92 Å². The third kappa shape index (κ3) is 2.93. The molecule has 3 heteroatoms. The molecule has 0 radical (unpaired) electrons. The van der Waals surface area contributed by atoms with E-state index in [2.05, 4.69) is 11.9 Å². The first kappa shape index (κ1) is 13.6. The molecule has 2 aromatic carbocycles. The lowest BCUT2D eigenvalue weighted by Crippen LogP contribution is -2.12. The second-order valence-electron chi connectivity index (χ2n) is 4.47. The first-order chi connectivity index (χ1) is 9.61. The minimum atomic E-state index is -0.205. The summed E-state index contributed by atoms with van der Waals surface area (Å²) in [4.78, 5) is 12.2. The van der Waals surface area contributed by atoms with Gasteiger partial charge in [0.1, 0.15) is 0 Å². The second kappa shape index (κ2) is 5.85. The van der Waals surface area contributed by atoms with E-state index in [1.165, 1.54) is 0 Å². The number of amides is 1. The fourth-order valence-electron chi connectivity index (χ4n) is 1.85. The molecular weight excluding hydrogens is 248 g/mol. The Morgan fingerprint density at radius 2 is 1.80 bits per heavy atom. The molecule has 1 amide bonds. The Morgan fingerprint density at radius 3 is 2.40 bits per heavy atom. The summed E-state index contributed by atoms with van der Waals surface area (Å²) in [7, 11) is 0. The van der Waals surface area contributed by atoms with E-state index in [4.69, 9.17) is 5.26 Å². The van der Waals surface area contributed by atoms with Gasteiger partial charge in [0.05, 0.1) is 11.6 Å². The first-order valence-corrected chi connectivity index (χ1v) is 6.18. The number of rotatable bonds is 3. The summed E-state index contributed by atoms with van der Waals surface area (Å²) in [5.41, 5.74) is 3.58. The average molecular weight is 262 g/mol. The predicted molar refractivity (Wildman–Crippen MR) is 80.3 cm³/mol. The molecule has 0 aliphatic rings. The zero-order valence-corrected chi connectivity index (χ0v) is 11.2. The van der Waals surface area contributed by atoms with E-state index < -0.39 is 0 Å². The Hall–Kier alpha value is -2.86. The molecule has 1 N–H and O–H groups in total.